The van der Waals surface area contributed by atoms with Crippen LogP contribution in [0, 0.1) is 13.8 Å². The first-order valence-electron chi connectivity index (χ1n) is 8.51. The Morgan fingerprint density at radius 2 is 2.07 bits per heavy atom. The number of rotatable bonds is 6. The fourth-order valence-electron chi connectivity index (χ4n) is 2.38. The van der Waals surface area contributed by atoms with Gasteiger partial charge in [0.15, 0.2) is 5.96 Å². The zero-order valence-corrected chi connectivity index (χ0v) is 19.7. The highest BCUT2D eigenvalue weighted by Gasteiger charge is 2.09. The third kappa shape index (κ3) is 6.14. The van der Waals surface area contributed by atoms with E-state index in [1.54, 1.807) is 18.4 Å². The molecule has 3 rings (SSSR count). The topological polar surface area (TPSA) is 88.2 Å². The van der Waals surface area contributed by atoms with Crippen LogP contribution in [0.3, 0.4) is 0 Å². The lowest BCUT2D eigenvalue weighted by atomic mass is 10.2. The molecule has 0 spiro atoms. The SMILES string of the molecule is CN=C(NCCc1nc(-c2cccc(Cl)c2)no1)NCc1nc(C)c(C)s1.I. The van der Waals surface area contributed by atoms with Crippen LogP contribution in [0.15, 0.2) is 33.8 Å². The van der Waals surface area contributed by atoms with Crippen LogP contribution in [0.4, 0.5) is 0 Å². The number of hydrogen-bond donors (Lipinski definition) is 2. The maximum Gasteiger partial charge on any atom is 0.228 e. The molecule has 3 aromatic rings. The van der Waals surface area contributed by atoms with E-state index in [9.17, 15) is 0 Å². The molecule has 2 N–H and O–H groups in total. The molecule has 0 fully saturated rings. The van der Waals surface area contributed by atoms with Crippen molar-refractivity contribution in [3.05, 3.63) is 50.8 Å². The van der Waals surface area contributed by atoms with E-state index in [0.717, 1.165) is 16.3 Å². The van der Waals surface area contributed by atoms with Gasteiger partial charge in [0, 0.05) is 35.5 Å². The van der Waals surface area contributed by atoms with E-state index in [1.165, 1.54) is 4.88 Å². The molecule has 0 atom stereocenters. The molecule has 1 aromatic carbocycles. The third-order valence-corrected chi connectivity index (χ3v) is 5.19. The van der Waals surface area contributed by atoms with Gasteiger partial charge in [0.05, 0.1) is 12.2 Å². The summed E-state index contributed by atoms with van der Waals surface area (Å²) < 4.78 is 5.31. The van der Waals surface area contributed by atoms with Crippen LogP contribution in [0.25, 0.3) is 11.4 Å². The monoisotopic (exact) mass is 532 g/mol. The molecule has 0 radical (unpaired) electrons. The first-order valence-corrected chi connectivity index (χ1v) is 9.70. The van der Waals surface area contributed by atoms with Crippen LogP contribution in [0.2, 0.25) is 5.02 Å². The number of thiazole rings is 1. The number of hydrogen-bond acceptors (Lipinski definition) is 6. The summed E-state index contributed by atoms with van der Waals surface area (Å²) in [4.78, 5) is 14.4. The summed E-state index contributed by atoms with van der Waals surface area (Å²) in [6.07, 6.45) is 0.587. The van der Waals surface area contributed by atoms with Crippen LogP contribution in [0.5, 0.6) is 0 Å². The van der Waals surface area contributed by atoms with Crippen molar-refractivity contribution >= 4 is 52.9 Å². The third-order valence-electron chi connectivity index (χ3n) is 3.89. The standard InChI is InChI=1S/C18H21ClN6OS.HI/c1-11-12(2)27-16(23-11)10-22-18(20-3)21-8-7-15-24-17(25-26-15)13-5-4-6-14(19)9-13;/h4-6,9H,7-8,10H2,1-3H3,(H2,20,21,22);1H. The Hall–Kier alpha value is -1.72. The average Bonchev–Trinajstić information content (AvgIpc) is 3.25. The molecule has 0 saturated carbocycles. The van der Waals surface area contributed by atoms with Gasteiger partial charge in [0.2, 0.25) is 11.7 Å². The van der Waals surface area contributed by atoms with Crippen molar-refractivity contribution < 1.29 is 4.52 Å². The summed E-state index contributed by atoms with van der Waals surface area (Å²) in [6.45, 7) is 5.35. The van der Waals surface area contributed by atoms with E-state index < -0.39 is 0 Å². The Morgan fingerprint density at radius 1 is 1.25 bits per heavy atom. The molecule has 2 heterocycles. The molecule has 0 saturated heterocycles. The minimum absolute atomic E-state index is 0. The van der Waals surface area contributed by atoms with Crippen LogP contribution >= 0.6 is 46.9 Å². The lowest BCUT2D eigenvalue weighted by Gasteiger charge is -2.09. The predicted molar refractivity (Wildman–Crippen MR) is 124 cm³/mol. The van der Waals surface area contributed by atoms with E-state index in [0.29, 0.717) is 42.2 Å². The van der Waals surface area contributed by atoms with Crippen LogP contribution in [-0.2, 0) is 13.0 Å². The Bertz CT molecular complexity index is 922. The zero-order valence-electron chi connectivity index (χ0n) is 15.8. The summed E-state index contributed by atoms with van der Waals surface area (Å²) >= 11 is 7.69. The smallest absolute Gasteiger partial charge is 0.228 e. The Kier molecular flexibility index (Phi) is 8.64. The fourth-order valence-corrected chi connectivity index (χ4v) is 3.45. The van der Waals surface area contributed by atoms with E-state index in [-0.39, 0.29) is 24.0 Å². The Labute approximate surface area is 190 Å². The van der Waals surface area contributed by atoms with Gasteiger partial charge in [-0.3, -0.25) is 4.99 Å². The quantitative estimate of drug-likeness (QED) is 0.284. The van der Waals surface area contributed by atoms with Crippen molar-refractivity contribution in [1.82, 2.24) is 25.8 Å². The van der Waals surface area contributed by atoms with Crippen LogP contribution in [0.1, 0.15) is 21.5 Å². The van der Waals surface area contributed by atoms with E-state index in [4.69, 9.17) is 16.1 Å². The van der Waals surface area contributed by atoms with Crippen molar-refractivity contribution in [3.63, 3.8) is 0 Å². The summed E-state index contributed by atoms with van der Waals surface area (Å²) in [5, 5.41) is 12.2. The molecule has 0 aliphatic heterocycles. The first kappa shape index (κ1) is 22.6. The van der Waals surface area contributed by atoms with Gasteiger partial charge in [0.25, 0.3) is 0 Å². The molecular formula is C18H22ClIN6OS. The molecule has 0 bridgehead atoms. The maximum absolute atomic E-state index is 6.00. The number of nitrogens with zero attached hydrogens (tertiary/aromatic N) is 4. The van der Waals surface area contributed by atoms with E-state index >= 15 is 0 Å². The summed E-state index contributed by atoms with van der Waals surface area (Å²) in [7, 11) is 1.73. The highest BCUT2D eigenvalue weighted by molar-refractivity contribution is 14.0. The lowest BCUT2D eigenvalue weighted by Crippen LogP contribution is -2.37. The molecule has 28 heavy (non-hydrogen) atoms. The van der Waals surface area contributed by atoms with Crippen molar-refractivity contribution in [2.45, 2.75) is 26.8 Å². The lowest BCUT2D eigenvalue weighted by molar-refractivity contribution is 0.378. The average molecular weight is 533 g/mol. The van der Waals surface area contributed by atoms with Gasteiger partial charge < -0.3 is 15.2 Å². The predicted octanol–water partition coefficient (Wildman–Crippen LogP) is 3.99. The number of aliphatic imine (C=N–C) groups is 1. The van der Waals surface area contributed by atoms with E-state index in [1.807, 2.05) is 31.2 Å². The van der Waals surface area contributed by atoms with Gasteiger partial charge in [0.1, 0.15) is 5.01 Å². The highest BCUT2D eigenvalue weighted by atomic mass is 127. The first-order chi connectivity index (χ1) is 13.0. The minimum Gasteiger partial charge on any atom is -0.356 e. The minimum atomic E-state index is 0. The number of aromatic nitrogens is 3. The molecule has 10 heteroatoms. The Balaban J connectivity index is 0.00000280. The molecule has 2 aromatic heterocycles. The fraction of sp³-hybridized carbons (Fsp3) is 0.333. The van der Waals surface area contributed by atoms with Crippen molar-refractivity contribution in [3.8, 4) is 11.4 Å². The van der Waals surface area contributed by atoms with Crippen LogP contribution < -0.4 is 10.6 Å². The highest BCUT2D eigenvalue weighted by Crippen LogP contribution is 2.20. The Morgan fingerprint density at radius 3 is 2.75 bits per heavy atom. The number of benzene rings is 1. The number of guanidine groups is 1. The summed E-state index contributed by atoms with van der Waals surface area (Å²) in [6, 6.07) is 7.37. The van der Waals surface area contributed by atoms with Crippen LogP contribution in [-0.4, -0.2) is 34.7 Å². The molecule has 0 aliphatic rings. The van der Waals surface area contributed by atoms with Gasteiger partial charge in [-0.1, -0.05) is 28.9 Å². The van der Waals surface area contributed by atoms with Gasteiger partial charge in [-0.05, 0) is 26.0 Å². The molecule has 0 unspecified atom stereocenters. The number of nitrogens with one attached hydrogen (secondary N) is 2. The molecule has 0 amide bonds. The van der Waals surface area contributed by atoms with Crippen molar-refractivity contribution in [2.75, 3.05) is 13.6 Å². The number of halogens is 2. The zero-order chi connectivity index (χ0) is 19.2. The normalized spacial score (nSPS) is 11.2. The molecule has 7 nitrogen and oxygen atoms in total. The van der Waals surface area contributed by atoms with Crippen molar-refractivity contribution in [2.24, 2.45) is 4.99 Å². The van der Waals surface area contributed by atoms with Gasteiger partial charge in [-0.15, -0.1) is 35.3 Å². The molecular weight excluding hydrogens is 511 g/mol. The second-order valence-electron chi connectivity index (χ2n) is 5.87. The second kappa shape index (κ2) is 10.7. The number of aryl methyl sites for hydroxylation is 2. The molecule has 150 valence electrons. The second-order valence-corrected chi connectivity index (χ2v) is 7.60. The van der Waals surface area contributed by atoms with Gasteiger partial charge in [-0.2, -0.15) is 4.98 Å². The summed E-state index contributed by atoms with van der Waals surface area (Å²) in [5.41, 5.74) is 1.91. The maximum atomic E-state index is 6.00. The summed E-state index contributed by atoms with van der Waals surface area (Å²) in [5.74, 6) is 1.79. The largest absolute Gasteiger partial charge is 0.356 e. The van der Waals surface area contributed by atoms with Gasteiger partial charge in [-0.25, -0.2) is 4.98 Å². The van der Waals surface area contributed by atoms with E-state index in [2.05, 4.69) is 37.7 Å². The van der Waals surface area contributed by atoms with Gasteiger partial charge >= 0.3 is 0 Å². The van der Waals surface area contributed by atoms with Crippen molar-refractivity contribution in [1.29, 1.82) is 0 Å². The molecule has 0 aliphatic carbocycles.